The van der Waals surface area contributed by atoms with Crippen molar-refractivity contribution in [1.29, 1.82) is 0 Å². The molecule has 0 aromatic rings. The van der Waals surface area contributed by atoms with Gasteiger partial charge in [-0.05, 0) is 64.2 Å². The zero-order valence-electron chi connectivity index (χ0n) is 29.9. The van der Waals surface area contributed by atoms with Crippen molar-refractivity contribution in [2.24, 2.45) is 0 Å². The predicted octanol–water partition coefficient (Wildman–Crippen LogP) is 7.12. The molecule has 2 unspecified atom stereocenters. The summed E-state index contributed by atoms with van der Waals surface area (Å²) in [4.78, 5) is 36.4. The fraction of sp³-hybridized carbons (Fsp3) is 0.615. The van der Waals surface area contributed by atoms with E-state index >= 15 is 0 Å². The molecular weight excluding hydrogens is 594 g/mol. The Morgan fingerprint density at radius 1 is 0.638 bits per heavy atom. The Hall–Kier alpha value is -3.23. The smallest absolute Gasteiger partial charge is 0.306 e. The molecule has 47 heavy (non-hydrogen) atoms. The van der Waals surface area contributed by atoms with Gasteiger partial charge >= 0.3 is 11.9 Å². The van der Waals surface area contributed by atoms with Crippen molar-refractivity contribution in [1.82, 2.24) is 0 Å². The first-order valence-corrected chi connectivity index (χ1v) is 17.5. The second-order valence-corrected chi connectivity index (χ2v) is 12.3. The number of allylic oxidation sites excluding steroid dienone is 12. The van der Waals surface area contributed by atoms with E-state index in [-0.39, 0.29) is 55.5 Å². The van der Waals surface area contributed by atoms with Crippen LogP contribution in [0.1, 0.15) is 104 Å². The maximum atomic E-state index is 12.6. The summed E-state index contributed by atoms with van der Waals surface area (Å²) >= 11 is 0. The first kappa shape index (κ1) is 43.8. The van der Waals surface area contributed by atoms with Crippen molar-refractivity contribution in [3.05, 3.63) is 72.9 Å². The third kappa shape index (κ3) is 28.7. The Balaban J connectivity index is 4.54. The molecular formula is C39H63NO7. The third-order valence-electron chi connectivity index (χ3n) is 7.10. The van der Waals surface area contributed by atoms with Gasteiger partial charge in [0.25, 0.3) is 0 Å². The van der Waals surface area contributed by atoms with E-state index in [9.17, 15) is 19.5 Å². The minimum absolute atomic E-state index is 0.00538. The highest BCUT2D eigenvalue weighted by Crippen LogP contribution is 2.10. The van der Waals surface area contributed by atoms with Gasteiger partial charge in [-0.15, -0.1) is 0 Å². The number of ether oxygens (including phenoxy) is 3. The Labute approximate surface area is 285 Å². The van der Waals surface area contributed by atoms with Crippen LogP contribution in [0.15, 0.2) is 72.9 Å². The summed E-state index contributed by atoms with van der Waals surface area (Å²) in [5.41, 5.74) is 0. The molecule has 0 saturated heterocycles. The topological polar surface area (TPSA) is 102 Å². The van der Waals surface area contributed by atoms with Crippen LogP contribution in [0.4, 0.5) is 0 Å². The standard InChI is InChI=1S/C39H63NO7/c1-6-8-10-12-14-15-16-17-18-19-20-21-22-24-26-28-30-38(42)47-35(33-45-32-31-36(39(43)44)40(3,4)5)34-46-37(41)29-27-25-23-13-11-9-7-2/h8-11,14-15,17-18,20-21,23,25,35-36H,6-7,12-13,16,19,22,24,26-34H2,1-5H3/b10-8+,11-9+,15-14+,18-17+,21-20+,25-23+. The zero-order chi connectivity index (χ0) is 35.0. The SMILES string of the molecule is CC/C=C/C/C=C/C/C=C/C/C=C/CCCCCC(=O)OC(COCCC(C(=O)[O-])[N+](C)(C)C)COC(=O)CC/C=C/C/C=C/CC. The van der Waals surface area contributed by atoms with E-state index < -0.39 is 18.1 Å². The fourth-order valence-electron chi connectivity index (χ4n) is 4.41. The third-order valence-corrected chi connectivity index (χ3v) is 7.10. The summed E-state index contributed by atoms with van der Waals surface area (Å²) in [7, 11) is 5.35. The van der Waals surface area contributed by atoms with Crippen LogP contribution < -0.4 is 5.11 Å². The molecule has 0 N–H and O–H groups in total. The highest BCUT2D eigenvalue weighted by Gasteiger charge is 2.25. The van der Waals surface area contributed by atoms with Crippen molar-refractivity contribution in [2.75, 3.05) is 41.0 Å². The number of hydrogen-bond donors (Lipinski definition) is 0. The summed E-state index contributed by atoms with van der Waals surface area (Å²) in [6.45, 7) is 4.25. The van der Waals surface area contributed by atoms with Gasteiger partial charge in [0.15, 0.2) is 6.10 Å². The lowest BCUT2D eigenvalue weighted by molar-refractivity contribution is -0.889. The van der Waals surface area contributed by atoms with E-state index in [1.54, 1.807) is 21.1 Å². The molecule has 8 heteroatoms. The van der Waals surface area contributed by atoms with Crippen LogP contribution in [0.25, 0.3) is 0 Å². The van der Waals surface area contributed by atoms with Gasteiger partial charge < -0.3 is 28.6 Å². The van der Waals surface area contributed by atoms with Crippen molar-refractivity contribution in [2.45, 2.75) is 116 Å². The number of carbonyl (C=O) groups excluding carboxylic acids is 3. The number of quaternary nitrogens is 1. The first-order chi connectivity index (χ1) is 22.6. The minimum Gasteiger partial charge on any atom is -0.544 e. The molecule has 0 rings (SSSR count). The van der Waals surface area contributed by atoms with Crippen LogP contribution in [0.2, 0.25) is 0 Å². The number of carbonyl (C=O) groups is 3. The van der Waals surface area contributed by atoms with Crippen molar-refractivity contribution in [3.8, 4) is 0 Å². The van der Waals surface area contributed by atoms with Gasteiger partial charge in [-0.2, -0.15) is 0 Å². The van der Waals surface area contributed by atoms with Crippen LogP contribution >= 0.6 is 0 Å². The van der Waals surface area contributed by atoms with Crippen molar-refractivity contribution in [3.63, 3.8) is 0 Å². The van der Waals surface area contributed by atoms with Gasteiger partial charge in [0.05, 0.1) is 40.3 Å². The molecule has 0 aliphatic heterocycles. The average Bonchev–Trinajstić information content (AvgIpc) is 3.01. The van der Waals surface area contributed by atoms with E-state index in [1.807, 2.05) is 12.2 Å². The number of esters is 2. The number of likely N-dealkylation sites (N-methyl/N-ethyl adjacent to an activating group) is 1. The Morgan fingerprint density at radius 2 is 1.17 bits per heavy atom. The molecule has 0 spiro atoms. The van der Waals surface area contributed by atoms with E-state index in [0.717, 1.165) is 57.8 Å². The van der Waals surface area contributed by atoms with E-state index in [4.69, 9.17) is 14.2 Å². The highest BCUT2D eigenvalue weighted by molar-refractivity contribution is 5.70. The number of rotatable bonds is 29. The van der Waals surface area contributed by atoms with Crippen LogP contribution in [-0.4, -0.2) is 75.5 Å². The lowest BCUT2D eigenvalue weighted by Crippen LogP contribution is -2.55. The van der Waals surface area contributed by atoms with E-state index in [2.05, 4.69) is 74.6 Å². The number of aliphatic carboxylic acids is 1. The van der Waals surface area contributed by atoms with Crippen LogP contribution in [0.5, 0.6) is 0 Å². The van der Waals surface area contributed by atoms with E-state index in [1.165, 1.54) is 0 Å². The first-order valence-electron chi connectivity index (χ1n) is 17.5. The summed E-state index contributed by atoms with van der Waals surface area (Å²) in [6.07, 6.45) is 35.4. The Morgan fingerprint density at radius 3 is 1.70 bits per heavy atom. The molecule has 0 bridgehead atoms. The maximum Gasteiger partial charge on any atom is 0.306 e. The normalized spacial score (nSPS) is 14.0. The van der Waals surface area contributed by atoms with Crippen LogP contribution in [-0.2, 0) is 28.6 Å². The van der Waals surface area contributed by atoms with E-state index in [0.29, 0.717) is 12.8 Å². The predicted molar refractivity (Wildman–Crippen MR) is 189 cm³/mol. The number of nitrogens with zero attached hydrogens (tertiary/aromatic N) is 1. The number of carboxylic acids is 1. The van der Waals surface area contributed by atoms with Crippen molar-refractivity contribution < 1.29 is 38.2 Å². The second-order valence-electron chi connectivity index (χ2n) is 12.3. The maximum absolute atomic E-state index is 12.6. The number of unbranched alkanes of at least 4 members (excludes halogenated alkanes) is 3. The summed E-state index contributed by atoms with van der Waals surface area (Å²) < 4.78 is 16.9. The molecule has 0 saturated carbocycles. The fourth-order valence-corrected chi connectivity index (χ4v) is 4.41. The molecule has 0 fully saturated rings. The molecule has 0 aromatic carbocycles. The quantitative estimate of drug-likeness (QED) is 0.0365. The monoisotopic (exact) mass is 657 g/mol. The highest BCUT2D eigenvalue weighted by atomic mass is 16.6. The van der Waals surface area contributed by atoms with Crippen molar-refractivity contribution >= 4 is 17.9 Å². The van der Waals surface area contributed by atoms with Gasteiger partial charge in [-0.1, -0.05) is 93.2 Å². The molecule has 0 radical (unpaired) electrons. The van der Waals surface area contributed by atoms with Crippen LogP contribution in [0, 0.1) is 0 Å². The molecule has 0 heterocycles. The Bertz CT molecular complexity index is 1000. The molecule has 0 aliphatic rings. The molecule has 266 valence electrons. The van der Waals surface area contributed by atoms with Gasteiger partial charge in [0.2, 0.25) is 0 Å². The van der Waals surface area contributed by atoms with Gasteiger partial charge in [0, 0.05) is 19.3 Å². The molecule has 0 amide bonds. The summed E-state index contributed by atoms with van der Waals surface area (Å²) in [6, 6.07) is -0.740. The lowest BCUT2D eigenvalue weighted by atomic mass is 10.1. The molecule has 0 aromatic heterocycles. The number of hydrogen-bond acceptors (Lipinski definition) is 7. The second kappa shape index (κ2) is 30.1. The summed E-state index contributed by atoms with van der Waals surface area (Å²) in [5.74, 6) is -1.89. The number of carboxylic acid groups (broad SMARTS) is 1. The van der Waals surface area contributed by atoms with Gasteiger partial charge in [-0.25, -0.2) is 0 Å². The lowest BCUT2D eigenvalue weighted by Gasteiger charge is -2.34. The van der Waals surface area contributed by atoms with Gasteiger partial charge in [0.1, 0.15) is 12.6 Å². The largest absolute Gasteiger partial charge is 0.544 e. The zero-order valence-corrected chi connectivity index (χ0v) is 29.9. The summed E-state index contributed by atoms with van der Waals surface area (Å²) in [5, 5.41) is 11.5. The molecule has 2 atom stereocenters. The Kier molecular flexibility index (Phi) is 28.1. The van der Waals surface area contributed by atoms with Crippen LogP contribution in [0.3, 0.4) is 0 Å². The van der Waals surface area contributed by atoms with Gasteiger partial charge in [-0.3, -0.25) is 9.59 Å². The molecule has 8 nitrogen and oxygen atoms in total. The molecule has 0 aliphatic carbocycles. The minimum atomic E-state index is -1.14. The average molecular weight is 658 g/mol.